The molecule has 0 radical (unpaired) electrons. The number of rotatable bonds is 0. The van der Waals surface area contributed by atoms with Crippen molar-refractivity contribution in [3.05, 3.63) is 0 Å². The predicted molar refractivity (Wildman–Crippen MR) is 47.3 cm³/mol. The van der Waals surface area contributed by atoms with E-state index in [9.17, 15) is 0 Å². The van der Waals surface area contributed by atoms with E-state index < -0.39 is 0 Å². The Morgan fingerprint density at radius 3 is 1.40 bits per heavy atom. The van der Waals surface area contributed by atoms with Crippen molar-refractivity contribution in [1.82, 2.24) is 4.90 Å². The van der Waals surface area contributed by atoms with Gasteiger partial charge < -0.3 is 4.90 Å². The van der Waals surface area contributed by atoms with E-state index in [4.69, 9.17) is 0 Å². The Kier molecular flexibility index (Phi) is 4.71. The second-order valence-corrected chi connectivity index (χ2v) is 2.94. The van der Waals surface area contributed by atoms with Gasteiger partial charge in [0.1, 0.15) is 0 Å². The average Bonchev–Trinajstić information content (AvgIpc) is 2.25. The molecular formula is C9H21N. The summed E-state index contributed by atoms with van der Waals surface area (Å²) in [5, 5.41) is 0. The maximum Gasteiger partial charge on any atom is 0.00672 e. The van der Waals surface area contributed by atoms with Crippen LogP contribution in [0.25, 0.3) is 0 Å². The molecular weight excluding hydrogens is 122 g/mol. The lowest BCUT2D eigenvalue weighted by Gasteiger charge is -2.18. The van der Waals surface area contributed by atoms with Crippen LogP contribution < -0.4 is 0 Å². The number of likely N-dealkylation sites (tertiary alicyclic amines) is 1. The summed E-state index contributed by atoms with van der Waals surface area (Å²) in [6.07, 6.45) is 2.77. The van der Waals surface area contributed by atoms with E-state index in [0.717, 1.165) is 12.1 Å². The highest BCUT2D eigenvalue weighted by Crippen LogP contribution is 2.20. The summed E-state index contributed by atoms with van der Waals surface area (Å²) in [5.41, 5.74) is 0. The summed E-state index contributed by atoms with van der Waals surface area (Å²) in [4.78, 5) is 2.44. The van der Waals surface area contributed by atoms with Gasteiger partial charge in [0.2, 0.25) is 0 Å². The van der Waals surface area contributed by atoms with Gasteiger partial charge in [0.25, 0.3) is 0 Å². The lowest BCUT2D eigenvalue weighted by Crippen LogP contribution is -2.27. The fourth-order valence-electron chi connectivity index (χ4n) is 1.32. The van der Waals surface area contributed by atoms with Crippen molar-refractivity contribution in [3.8, 4) is 0 Å². The highest BCUT2D eigenvalue weighted by molar-refractivity contribution is 4.78. The molecule has 1 nitrogen and oxygen atoms in total. The van der Waals surface area contributed by atoms with E-state index in [1.807, 2.05) is 13.8 Å². The van der Waals surface area contributed by atoms with E-state index in [-0.39, 0.29) is 0 Å². The summed E-state index contributed by atoms with van der Waals surface area (Å²) < 4.78 is 0. The minimum absolute atomic E-state index is 0.824. The third-order valence-corrected chi connectivity index (χ3v) is 2.39. The van der Waals surface area contributed by atoms with Crippen LogP contribution in [0.4, 0.5) is 0 Å². The van der Waals surface area contributed by atoms with Gasteiger partial charge in [-0.25, -0.2) is 0 Å². The fraction of sp³-hybridized carbons (Fsp3) is 1.00. The van der Waals surface area contributed by atoms with Gasteiger partial charge in [0, 0.05) is 12.1 Å². The van der Waals surface area contributed by atoms with Gasteiger partial charge in [-0.05, 0) is 33.7 Å². The summed E-state index contributed by atoms with van der Waals surface area (Å²) in [6, 6.07) is 1.65. The first-order valence-electron chi connectivity index (χ1n) is 4.43. The molecule has 0 aliphatic carbocycles. The molecule has 2 atom stereocenters. The molecule has 1 heteroatoms. The van der Waals surface area contributed by atoms with Gasteiger partial charge in [0.15, 0.2) is 0 Å². The standard InChI is InChI=1S/C7H15N.C2H6/c1-6-4-5-7(2)8(6)3;1-2/h6-7H,4-5H2,1-3H3;1-2H3/t6-,7?;/m1./s1. The van der Waals surface area contributed by atoms with E-state index in [1.165, 1.54) is 12.8 Å². The molecule has 0 bridgehead atoms. The zero-order chi connectivity index (χ0) is 8.15. The fourth-order valence-corrected chi connectivity index (χ4v) is 1.32. The van der Waals surface area contributed by atoms with Crippen LogP contribution in [-0.4, -0.2) is 24.0 Å². The van der Waals surface area contributed by atoms with Gasteiger partial charge >= 0.3 is 0 Å². The molecule has 0 N–H and O–H groups in total. The Bertz CT molecular complexity index is 70.8. The summed E-state index contributed by atoms with van der Waals surface area (Å²) in [5.74, 6) is 0. The van der Waals surface area contributed by atoms with Crippen molar-refractivity contribution < 1.29 is 0 Å². The number of hydrogen-bond donors (Lipinski definition) is 0. The Hall–Kier alpha value is -0.0400. The lowest BCUT2D eigenvalue weighted by atomic mass is 10.2. The van der Waals surface area contributed by atoms with Gasteiger partial charge in [-0.2, -0.15) is 0 Å². The maximum absolute atomic E-state index is 2.44. The summed E-state index contributed by atoms with van der Waals surface area (Å²) in [7, 11) is 2.21. The molecule has 1 unspecified atom stereocenters. The SMILES string of the molecule is CC.CC1CC[C@@H](C)N1C. The monoisotopic (exact) mass is 143 g/mol. The van der Waals surface area contributed by atoms with Crippen LogP contribution in [0, 0.1) is 0 Å². The minimum atomic E-state index is 0.824. The molecule has 0 spiro atoms. The smallest absolute Gasteiger partial charge is 0.00672 e. The zero-order valence-corrected chi connectivity index (χ0v) is 8.02. The average molecular weight is 143 g/mol. The topological polar surface area (TPSA) is 3.24 Å². The second-order valence-electron chi connectivity index (χ2n) is 2.94. The Morgan fingerprint density at radius 2 is 1.30 bits per heavy atom. The first kappa shape index (κ1) is 9.96. The molecule has 1 saturated heterocycles. The lowest BCUT2D eigenvalue weighted by molar-refractivity contribution is 0.267. The summed E-state index contributed by atoms with van der Waals surface area (Å²) >= 11 is 0. The highest BCUT2D eigenvalue weighted by atomic mass is 15.2. The Balaban J connectivity index is 0.000000371. The molecule has 1 rings (SSSR count). The van der Waals surface area contributed by atoms with Crippen LogP contribution in [0.1, 0.15) is 40.5 Å². The van der Waals surface area contributed by atoms with E-state index in [2.05, 4.69) is 25.8 Å². The van der Waals surface area contributed by atoms with Gasteiger partial charge in [-0.1, -0.05) is 13.8 Å². The van der Waals surface area contributed by atoms with Crippen LogP contribution in [0.5, 0.6) is 0 Å². The van der Waals surface area contributed by atoms with Gasteiger partial charge in [-0.15, -0.1) is 0 Å². The van der Waals surface area contributed by atoms with Crippen LogP contribution in [-0.2, 0) is 0 Å². The maximum atomic E-state index is 2.44. The zero-order valence-electron chi connectivity index (χ0n) is 8.02. The molecule has 0 amide bonds. The highest BCUT2D eigenvalue weighted by Gasteiger charge is 2.22. The predicted octanol–water partition coefficient (Wildman–Crippen LogP) is 2.52. The second kappa shape index (κ2) is 4.73. The molecule has 0 aromatic heterocycles. The summed E-state index contributed by atoms with van der Waals surface area (Å²) in [6.45, 7) is 8.59. The van der Waals surface area contributed by atoms with Crippen molar-refractivity contribution >= 4 is 0 Å². The van der Waals surface area contributed by atoms with E-state index in [0.29, 0.717) is 0 Å². The molecule has 0 saturated carbocycles. The normalized spacial score (nSPS) is 33.3. The minimum Gasteiger partial charge on any atom is -0.301 e. The number of hydrogen-bond acceptors (Lipinski definition) is 1. The molecule has 62 valence electrons. The first-order valence-corrected chi connectivity index (χ1v) is 4.43. The van der Waals surface area contributed by atoms with Crippen molar-refractivity contribution in [1.29, 1.82) is 0 Å². The quantitative estimate of drug-likeness (QED) is 0.503. The molecule has 1 aliphatic heterocycles. The van der Waals surface area contributed by atoms with Crippen LogP contribution in [0.15, 0.2) is 0 Å². The largest absolute Gasteiger partial charge is 0.301 e. The number of nitrogens with zero attached hydrogens (tertiary/aromatic N) is 1. The Morgan fingerprint density at radius 1 is 1.00 bits per heavy atom. The van der Waals surface area contributed by atoms with Gasteiger partial charge in [0.05, 0.1) is 0 Å². The molecule has 1 fully saturated rings. The van der Waals surface area contributed by atoms with Crippen molar-refractivity contribution in [2.24, 2.45) is 0 Å². The van der Waals surface area contributed by atoms with Crippen molar-refractivity contribution in [2.75, 3.05) is 7.05 Å². The first-order chi connectivity index (χ1) is 4.72. The molecule has 1 heterocycles. The molecule has 10 heavy (non-hydrogen) atoms. The third kappa shape index (κ3) is 2.30. The van der Waals surface area contributed by atoms with Crippen LogP contribution in [0.2, 0.25) is 0 Å². The Labute approximate surface area is 65.4 Å². The van der Waals surface area contributed by atoms with Gasteiger partial charge in [-0.3, -0.25) is 0 Å². The van der Waals surface area contributed by atoms with Crippen molar-refractivity contribution in [3.63, 3.8) is 0 Å². The molecule has 0 aromatic rings. The van der Waals surface area contributed by atoms with Crippen LogP contribution >= 0.6 is 0 Å². The van der Waals surface area contributed by atoms with Crippen molar-refractivity contribution in [2.45, 2.75) is 52.6 Å². The van der Waals surface area contributed by atoms with E-state index >= 15 is 0 Å². The van der Waals surface area contributed by atoms with Crippen LogP contribution in [0.3, 0.4) is 0 Å². The molecule has 1 aliphatic rings. The van der Waals surface area contributed by atoms with E-state index in [1.54, 1.807) is 0 Å². The molecule has 0 aromatic carbocycles. The third-order valence-electron chi connectivity index (χ3n) is 2.39.